The molecule has 5 heteroatoms. The molecule has 19 heavy (non-hydrogen) atoms. The standard InChI is InChI=1S/C14H16FN3O/c1-2-19-14-4-3-11(5-12(14)15)18-9-17-8-13(18)10-6-16-7-10/h3-5,8-10,16H,2,6-7H2,1H3. The first kappa shape index (κ1) is 12.2. The SMILES string of the molecule is CCOc1ccc(-n2cncc2C2CNC2)cc1F. The number of hydrogen-bond donors (Lipinski definition) is 1. The summed E-state index contributed by atoms with van der Waals surface area (Å²) in [4.78, 5) is 4.17. The molecule has 2 heterocycles. The molecular formula is C14H16FN3O. The number of aromatic nitrogens is 2. The highest BCUT2D eigenvalue weighted by Crippen LogP contribution is 2.25. The van der Waals surface area contributed by atoms with E-state index in [-0.39, 0.29) is 5.82 Å². The number of nitrogens with one attached hydrogen (secondary N) is 1. The van der Waals surface area contributed by atoms with E-state index in [1.165, 1.54) is 6.07 Å². The van der Waals surface area contributed by atoms with Gasteiger partial charge in [-0.2, -0.15) is 0 Å². The fraction of sp³-hybridized carbons (Fsp3) is 0.357. The summed E-state index contributed by atoms with van der Waals surface area (Å²) in [5.74, 6) is 0.404. The number of nitrogens with zero attached hydrogens (tertiary/aromatic N) is 2. The average molecular weight is 261 g/mol. The minimum atomic E-state index is -0.342. The second kappa shape index (κ2) is 5.01. The van der Waals surface area contributed by atoms with Gasteiger partial charge in [-0.25, -0.2) is 9.37 Å². The first-order valence-electron chi connectivity index (χ1n) is 6.45. The maximum Gasteiger partial charge on any atom is 0.167 e. The lowest BCUT2D eigenvalue weighted by molar-refractivity contribution is 0.321. The third kappa shape index (κ3) is 2.21. The molecule has 0 bridgehead atoms. The summed E-state index contributed by atoms with van der Waals surface area (Å²) in [5.41, 5.74) is 1.89. The Bertz CT molecular complexity index is 578. The van der Waals surface area contributed by atoms with Crippen molar-refractivity contribution in [2.75, 3.05) is 19.7 Å². The zero-order valence-electron chi connectivity index (χ0n) is 10.8. The van der Waals surface area contributed by atoms with Crippen molar-refractivity contribution < 1.29 is 9.13 Å². The highest BCUT2D eigenvalue weighted by molar-refractivity contribution is 5.40. The number of rotatable bonds is 4. The van der Waals surface area contributed by atoms with Crippen LogP contribution >= 0.6 is 0 Å². The molecule has 0 unspecified atom stereocenters. The van der Waals surface area contributed by atoms with Crippen molar-refractivity contribution in [2.45, 2.75) is 12.8 Å². The molecule has 1 aromatic carbocycles. The van der Waals surface area contributed by atoms with Crippen LogP contribution in [0.4, 0.5) is 4.39 Å². The Balaban J connectivity index is 1.93. The average Bonchev–Trinajstić information content (AvgIpc) is 2.79. The molecule has 1 aliphatic heterocycles. The molecule has 1 aromatic heterocycles. The van der Waals surface area contributed by atoms with Crippen LogP contribution in [0.25, 0.3) is 5.69 Å². The smallest absolute Gasteiger partial charge is 0.167 e. The number of imidazole rings is 1. The molecule has 1 aliphatic rings. The Morgan fingerprint density at radius 1 is 1.47 bits per heavy atom. The van der Waals surface area contributed by atoms with Gasteiger partial charge in [-0.3, -0.25) is 0 Å². The zero-order chi connectivity index (χ0) is 13.2. The summed E-state index contributed by atoms with van der Waals surface area (Å²) >= 11 is 0. The lowest BCUT2D eigenvalue weighted by atomic mass is 10.00. The van der Waals surface area contributed by atoms with Gasteiger partial charge >= 0.3 is 0 Å². The van der Waals surface area contributed by atoms with Crippen LogP contribution in [0.1, 0.15) is 18.5 Å². The van der Waals surface area contributed by atoms with E-state index < -0.39 is 0 Å². The quantitative estimate of drug-likeness (QED) is 0.916. The van der Waals surface area contributed by atoms with Crippen molar-refractivity contribution in [1.82, 2.24) is 14.9 Å². The van der Waals surface area contributed by atoms with E-state index in [1.54, 1.807) is 12.4 Å². The maximum absolute atomic E-state index is 13.9. The summed E-state index contributed by atoms with van der Waals surface area (Å²) in [6.45, 7) is 4.20. The second-order valence-corrected chi connectivity index (χ2v) is 4.59. The summed E-state index contributed by atoms with van der Waals surface area (Å²) in [6.07, 6.45) is 3.57. The first-order valence-corrected chi connectivity index (χ1v) is 6.45. The molecule has 0 atom stereocenters. The molecule has 0 amide bonds. The number of benzene rings is 1. The van der Waals surface area contributed by atoms with Crippen molar-refractivity contribution in [3.05, 3.63) is 42.2 Å². The van der Waals surface area contributed by atoms with Crippen LogP contribution in [-0.2, 0) is 0 Å². The molecule has 1 saturated heterocycles. The lowest BCUT2D eigenvalue weighted by Gasteiger charge is -2.27. The Morgan fingerprint density at radius 3 is 2.95 bits per heavy atom. The third-order valence-corrected chi connectivity index (χ3v) is 3.36. The Labute approximate surface area is 111 Å². The predicted octanol–water partition coefficient (Wildman–Crippen LogP) is 2.10. The van der Waals surface area contributed by atoms with E-state index >= 15 is 0 Å². The molecule has 2 aromatic rings. The molecule has 1 fully saturated rings. The largest absolute Gasteiger partial charge is 0.491 e. The summed E-state index contributed by atoms with van der Waals surface area (Å²) in [7, 11) is 0. The third-order valence-electron chi connectivity index (χ3n) is 3.36. The van der Waals surface area contributed by atoms with Crippen LogP contribution in [0.5, 0.6) is 5.75 Å². The topological polar surface area (TPSA) is 39.1 Å². The van der Waals surface area contributed by atoms with Crippen LogP contribution in [0.3, 0.4) is 0 Å². The molecule has 0 spiro atoms. The monoisotopic (exact) mass is 261 g/mol. The minimum Gasteiger partial charge on any atom is -0.491 e. The molecule has 0 saturated carbocycles. The molecule has 0 radical (unpaired) electrons. The Hall–Kier alpha value is -1.88. The highest BCUT2D eigenvalue weighted by Gasteiger charge is 2.23. The van der Waals surface area contributed by atoms with Crippen LogP contribution in [0.15, 0.2) is 30.7 Å². The zero-order valence-corrected chi connectivity index (χ0v) is 10.8. The minimum absolute atomic E-state index is 0.290. The van der Waals surface area contributed by atoms with Gasteiger partial charge < -0.3 is 14.6 Å². The first-order chi connectivity index (χ1) is 9.29. The van der Waals surface area contributed by atoms with E-state index in [0.717, 1.165) is 24.5 Å². The number of halogens is 1. The lowest BCUT2D eigenvalue weighted by Crippen LogP contribution is -2.40. The summed E-state index contributed by atoms with van der Waals surface area (Å²) in [6, 6.07) is 5.00. The van der Waals surface area contributed by atoms with Crippen LogP contribution in [-0.4, -0.2) is 29.2 Å². The van der Waals surface area contributed by atoms with Crippen molar-refractivity contribution in [3.63, 3.8) is 0 Å². The molecular weight excluding hydrogens is 245 g/mol. The molecule has 1 N–H and O–H groups in total. The Kier molecular flexibility index (Phi) is 3.21. The molecule has 3 rings (SSSR count). The maximum atomic E-state index is 13.9. The summed E-state index contributed by atoms with van der Waals surface area (Å²) < 4.78 is 21.0. The van der Waals surface area contributed by atoms with E-state index in [4.69, 9.17) is 4.74 Å². The van der Waals surface area contributed by atoms with Gasteiger partial charge in [0.2, 0.25) is 0 Å². The number of ether oxygens (including phenoxy) is 1. The van der Waals surface area contributed by atoms with Crippen LogP contribution in [0, 0.1) is 5.82 Å². The van der Waals surface area contributed by atoms with Crippen LogP contribution < -0.4 is 10.1 Å². The fourth-order valence-corrected chi connectivity index (χ4v) is 2.23. The number of hydrogen-bond acceptors (Lipinski definition) is 3. The van der Waals surface area contributed by atoms with Crippen molar-refractivity contribution in [3.8, 4) is 11.4 Å². The summed E-state index contributed by atoms with van der Waals surface area (Å²) in [5, 5.41) is 3.23. The van der Waals surface area contributed by atoms with Gasteiger partial charge in [-0.15, -0.1) is 0 Å². The molecule has 4 nitrogen and oxygen atoms in total. The van der Waals surface area contributed by atoms with Crippen molar-refractivity contribution >= 4 is 0 Å². The van der Waals surface area contributed by atoms with E-state index in [2.05, 4.69) is 10.3 Å². The normalized spacial score (nSPS) is 15.3. The van der Waals surface area contributed by atoms with Crippen molar-refractivity contribution in [1.29, 1.82) is 0 Å². The van der Waals surface area contributed by atoms with E-state index in [0.29, 0.717) is 18.3 Å². The van der Waals surface area contributed by atoms with Crippen molar-refractivity contribution in [2.24, 2.45) is 0 Å². The fourth-order valence-electron chi connectivity index (χ4n) is 2.23. The van der Waals surface area contributed by atoms with Gasteiger partial charge in [0.05, 0.1) is 12.9 Å². The second-order valence-electron chi connectivity index (χ2n) is 4.59. The van der Waals surface area contributed by atoms with Gasteiger partial charge in [0.25, 0.3) is 0 Å². The van der Waals surface area contributed by atoms with Gasteiger partial charge in [-0.1, -0.05) is 0 Å². The van der Waals surface area contributed by atoms with Gasteiger partial charge in [0.1, 0.15) is 0 Å². The molecule has 100 valence electrons. The predicted molar refractivity (Wildman–Crippen MR) is 70.3 cm³/mol. The highest BCUT2D eigenvalue weighted by atomic mass is 19.1. The van der Waals surface area contributed by atoms with Gasteiger partial charge in [-0.05, 0) is 19.1 Å². The van der Waals surface area contributed by atoms with E-state index in [9.17, 15) is 4.39 Å². The van der Waals surface area contributed by atoms with Crippen LogP contribution in [0.2, 0.25) is 0 Å². The molecule has 0 aliphatic carbocycles. The van der Waals surface area contributed by atoms with Gasteiger partial charge in [0, 0.05) is 42.7 Å². The Morgan fingerprint density at radius 2 is 2.32 bits per heavy atom. The van der Waals surface area contributed by atoms with E-state index in [1.807, 2.05) is 23.8 Å². The van der Waals surface area contributed by atoms with Gasteiger partial charge in [0.15, 0.2) is 11.6 Å².